The average molecular weight is 366 g/mol. The van der Waals surface area contributed by atoms with Crippen molar-refractivity contribution in [2.75, 3.05) is 33.5 Å². The molecule has 5 nitrogen and oxygen atoms in total. The fourth-order valence-corrected chi connectivity index (χ4v) is 2.62. The molecule has 0 aromatic heterocycles. The molecule has 0 spiro atoms. The van der Waals surface area contributed by atoms with Crippen molar-refractivity contribution >= 4 is 11.6 Å². The van der Waals surface area contributed by atoms with Crippen LogP contribution >= 0.6 is 11.6 Å². The third-order valence-electron chi connectivity index (χ3n) is 3.44. The number of hydrogen-bond acceptors (Lipinski definition) is 5. The fourth-order valence-electron chi connectivity index (χ4n) is 2.33. The van der Waals surface area contributed by atoms with E-state index in [9.17, 15) is 0 Å². The minimum Gasteiger partial charge on any atom is -0.497 e. The number of rotatable bonds is 10. The van der Waals surface area contributed by atoms with Crippen molar-refractivity contribution in [3.63, 3.8) is 0 Å². The third-order valence-corrected chi connectivity index (χ3v) is 3.72. The molecule has 0 atom stereocenters. The van der Waals surface area contributed by atoms with E-state index in [4.69, 9.17) is 36.3 Å². The number of benzene rings is 2. The topological polar surface area (TPSA) is 62.9 Å². The van der Waals surface area contributed by atoms with Gasteiger partial charge < -0.3 is 24.7 Å². The van der Waals surface area contributed by atoms with Crippen molar-refractivity contribution in [3.05, 3.63) is 47.0 Å². The van der Waals surface area contributed by atoms with Gasteiger partial charge in [-0.1, -0.05) is 17.7 Å². The SMILES string of the molecule is CCOc1cc(CCN)cc(Cl)c1OCCOc1cccc(OC)c1. The average Bonchev–Trinajstić information content (AvgIpc) is 2.61. The van der Waals surface area contributed by atoms with Crippen LogP contribution in [0, 0.1) is 0 Å². The van der Waals surface area contributed by atoms with Crippen LogP contribution in [-0.2, 0) is 6.42 Å². The maximum Gasteiger partial charge on any atom is 0.179 e. The van der Waals surface area contributed by atoms with Gasteiger partial charge in [0.05, 0.1) is 18.7 Å². The molecule has 6 heteroatoms. The van der Waals surface area contributed by atoms with E-state index in [1.165, 1.54) is 0 Å². The summed E-state index contributed by atoms with van der Waals surface area (Å²) in [6.07, 6.45) is 0.735. The van der Waals surface area contributed by atoms with Gasteiger partial charge in [-0.15, -0.1) is 0 Å². The maximum atomic E-state index is 6.34. The van der Waals surface area contributed by atoms with Gasteiger partial charge in [0.15, 0.2) is 11.5 Å². The molecule has 0 radical (unpaired) electrons. The van der Waals surface area contributed by atoms with Crippen LogP contribution in [0.2, 0.25) is 5.02 Å². The Morgan fingerprint density at radius 1 is 1.00 bits per heavy atom. The van der Waals surface area contributed by atoms with Gasteiger partial charge in [0, 0.05) is 6.07 Å². The molecule has 0 aliphatic heterocycles. The Hall–Kier alpha value is -2.11. The minimum atomic E-state index is 0.341. The van der Waals surface area contributed by atoms with Crippen molar-refractivity contribution in [2.45, 2.75) is 13.3 Å². The standard InChI is InChI=1S/C19H24ClNO4/c1-3-23-18-12-14(7-8-21)11-17(20)19(18)25-10-9-24-16-6-4-5-15(13-16)22-2/h4-6,11-13H,3,7-10,21H2,1-2H3. The van der Waals surface area contributed by atoms with E-state index in [2.05, 4.69) is 0 Å². The van der Waals surface area contributed by atoms with Gasteiger partial charge in [0.2, 0.25) is 0 Å². The molecule has 0 aliphatic carbocycles. The molecule has 2 N–H and O–H groups in total. The van der Waals surface area contributed by atoms with Gasteiger partial charge in [0.1, 0.15) is 24.7 Å². The van der Waals surface area contributed by atoms with Crippen LogP contribution in [0.25, 0.3) is 0 Å². The molecular formula is C19H24ClNO4. The molecule has 0 fully saturated rings. The summed E-state index contributed by atoms with van der Waals surface area (Å²) in [4.78, 5) is 0. The van der Waals surface area contributed by atoms with Gasteiger partial charge >= 0.3 is 0 Å². The van der Waals surface area contributed by atoms with E-state index < -0.39 is 0 Å². The number of nitrogens with two attached hydrogens (primary N) is 1. The first kappa shape index (κ1) is 19.2. The number of methoxy groups -OCH3 is 1. The smallest absolute Gasteiger partial charge is 0.179 e. The lowest BCUT2D eigenvalue weighted by atomic mass is 10.1. The van der Waals surface area contributed by atoms with E-state index in [1.807, 2.05) is 43.3 Å². The zero-order valence-electron chi connectivity index (χ0n) is 14.6. The predicted octanol–water partition coefficient (Wildman–Crippen LogP) is 3.71. The molecule has 0 heterocycles. The van der Waals surface area contributed by atoms with E-state index in [1.54, 1.807) is 7.11 Å². The molecule has 2 aromatic rings. The zero-order valence-corrected chi connectivity index (χ0v) is 15.3. The van der Waals surface area contributed by atoms with E-state index >= 15 is 0 Å². The Labute approximate surface area is 153 Å². The lowest BCUT2D eigenvalue weighted by molar-refractivity contribution is 0.208. The van der Waals surface area contributed by atoms with Gasteiger partial charge in [-0.25, -0.2) is 0 Å². The van der Waals surface area contributed by atoms with Crippen molar-refractivity contribution in [1.29, 1.82) is 0 Å². The summed E-state index contributed by atoms with van der Waals surface area (Å²) in [5, 5.41) is 0.510. The number of ether oxygens (including phenoxy) is 4. The second-order valence-corrected chi connectivity index (χ2v) is 5.66. The summed E-state index contributed by atoms with van der Waals surface area (Å²) in [6.45, 7) is 3.71. The lowest BCUT2D eigenvalue weighted by Gasteiger charge is -2.15. The minimum absolute atomic E-state index is 0.341. The van der Waals surface area contributed by atoms with Gasteiger partial charge in [-0.3, -0.25) is 0 Å². The molecule has 0 bridgehead atoms. The molecule has 0 amide bonds. The quantitative estimate of drug-likeness (QED) is 0.650. The molecule has 2 aromatic carbocycles. The second kappa shape index (κ2) is 10.0. The summed E-state index contributed by atoms with van der Waals surface area (Å²) in [5.41, 5.74) is 6.63. The summed E-state index contributed by atoms with van der Waals surface area (Å²) >= 11 is 6.34. The molecule has 25 heavy (non-hydrogen) atoms. The zero-order chi connectivity index (χ0) is 18.1. The van der Waals surface area contributed by atoms with Crippen molar-refractivity contribution in [1.82, 2.24) is 0 Å². The largest absolute Gasteiger partial charge is 0.497 e. The fraction of sp³-hybridized carbons (Fsp3) is 0.368. The van der Waals surface area contributed by atoms with Crippen molar-refractivity contribution in [2.24, 2.45) is 5.73 Å². The third kappa shape index (κ3) is 5.73. The maximum absolute atomic E-state index is 6.34. The lowest BCUT2D eigenvalue weighted by Crippen LogP contribution is -2.11. The summed E-state index contributed by atoms with van der Waals surface area (Å²) in [7, 11) is 1.62. The van der Waals surface area contributed by atoms with E-state index in [0.717, 1.165) is 23.5 Å². The van der Waals surface area contributed by atoms with E-state index in [-0.39, 0.29) is 0 Å². The summed E-state index contributed by atoms with van der Waals surface area (Å²) in [6, 6.07) is 11.2. The Morgan fingerprint density at radius 2 is 1.76 bits per heavy atom. The van der Waals surface area contributed by atoms with Gasteiger partial charge in [-0.05, 0) is 49.7 Å². The van der Waals surface area contributed by atoms with Crippen LogP contribution in [0.4, 0.5) is 0 Å². The Morgan fingerprint density at radius 3 is 2.48 bits per heavy atom. The Balaban J connectivity index is 1.97. The summed E-state index contributed by atoms with van der Waals surface area (Å²) in [5.74, 6) is 2.62. The number of halogens is 1. The van der Waals surface area contributed by atoms with Gasteiger partial charge in [0.25, 0.3) is 0 Å². The first-order valence-electron chi connectivity index (χ1n) is 8.22. The monoisotopic (exact) mass is 365 g/mol. The van der Waals surface area contributed by atoms with Crippen LogP contribution < -0.4 is 24.7 Å². The first-order valence-corrected chi connectivity index (χ1v) is 8.60. The summed E-state index contributed by atoms with van der Waals surface area (Å²) < 4.78 is 22.3. The molecule has 2 rings (SSSR count). The molecule has 0 saturated carbocycles. The molecule has 0 aliphatic rings. The Kier molecular flexibility index (Phi) is 7.70. The Bertz CT molecular complexity index is 678. The van der Waals surface area contributed by atoms with Crippen LogP contribution in [0.1, 0.15) is 12.5 Å². The molecule has 0 saturated heterocycles. The van der Waals surface area contributed by atoms with Crippen molar-refractivity contribution < 1.29 is 18.9 Å². The van der Waals surface area contributed by atoms with Crippen molar-refractivity contribution in [3.8, 4) is 23.0 Å². The highest BCUT2D eigenvalue weighted by Gasteiger charge is 2.12. The molecule has 0 unspecified atom stereocenters. The normalized spacial score (nSPS) is 10.4. The van der Waals surface area contributed by atoms with Crippen LogP contribution in [0.3, 0.4) is 0 Å². The predicted molar refractivity (Wildman–Crippen MR) is 99.4 cm³/mol. The van der Waals surface area contributed by atoms with Gasteiger partial charge in [-0.2, -0.15) is 0 Å². The highest BCUT2D eigenvalue weighted by Crippen LogP contribution is 2.36. The van der Waals surface area contributed by atoms with Crippen LogP contribution in [0.5, 0.6) is 23.0 Å². The molecule has 136 valence electrons. The highest BCUT2D eigenvalue weighted by molar-refractivity contribution is 6.32. The number of hydrogen-bond donors (Lipinski definition) is 1. The second-order valence-electron chi connectivity index (χ2n) is 5.25. The first-order chi connectivity index (χ1) is 12.2. The molecular weight excluding hydrogens is 342 g/mol. The van der Waals surface area contributed by atoms with Crippen LogP contribution in [0.15, 0.2) is 36.4 Å². The highest BCUT2D eigenvalue weighted by atomic mass is 35.5. The van der Waals surface area contributed by atoms with Crippen LogP contribution in [-0.4, -0.2) is 33.5 Å². The van der Waals surface area contributed by atoms with E-state index in [0.29, 0.717) is 42.9 Å².